The van der Waals surface area contributed by atoms with Crippen LogP contribution in [0.3, 0.4) is 0 Å². The van der Waals surface area contributed by atoms with Crippen molar-refractivity contribution >= 4 is 34.0 Å². The molecule has 3 rings (SSSR count). The number of likely N-dealkylation sites (N-methyl/N-ethyl adjacent to an activating group) is 1. The van der Waals surface area contributed by atoms with Gasteiger partial charge in [0.05, 0.1) is 6.54 Å². The van der Waals surface area contributed by atoms with Gasteiger partial charge in [-0.2, -0.15) is 0 Å². The average molecular weight is 323 g/mol. The van der Waals surface area contributed by atoms with E-state index in [1.807, 2.05) is 36.2 Å². The van der Waals surface area contributed by atoms with Crippen LogP contribution in [0.2, 0.25) is 5.02 Å². The van der Waals surface area contributed by atoms with E-state index in [2.05, 4.69) is 10.2 Å². The lowest BCUT2D eigenvalue weighted by Gasteiger charge is -2.31. The molecule has 0 unspecified atom stereocenters. The van der Waals surface area contributed by atoms with Crippen LogP contribution < -0.4 is 4.90 Å². The minimum absolute atomic E-state index is 0.121. The molecule has 0 spiro atoms. The number of nitrogens with zero attached hydrogens (tertiary/aromatic N) is 4. The highest BCUT2D eigenvalue weighted by Crippen LogP contribution is 2.24. The Labute approximate surface area is 132 Å². The summed E-state index contributed by atoms with van der Waals surface area (Å²) in [4.78, 5) is 15.5. The summed E-state index contributed by atoms with van der Waals surface area (Å²) in [5.74, 6) is 0.121. The van der Waals surface area contributed by atoms with Gasteiger partial charge in [-0.05, 0) is 17.7 Å². The Hall–Kier alpha value is -1.66. The summed E-state index contributed by atoms with van der Waals surface area (Å²) in [6.07, 6.45) is 0.733. The standard InChI is InChI=1S/C14H15ClN4OS/c1-18-6-7-19(9-13(18)20)14-17-16-12(21-14)8-10-2-4-11(15)5-3-10/h2-5H,6-9H2,1H3. The third-order valence-electron chi connectivity index (χ3n) is 3.45. The van der Waals surface area contributed by atoms with E-state index >= 15 is 0 Å². The first-order valence-corrected chi connectivity index (χ1v) is 7.87. The zero-order valence-corrected chi connectivity index (χ0v) is 13.2. The molecule has 1 saturated heterocycles. The molecule has 1 fully saturated rings. The molecule has 21 heavy (non-hydrogen) atoms. The first-order valence-electron chi connectivity index (χ1n) is 6.67. The van der Waals surface area contributed by atoms with E-state index < -0.39 is 0 Å². The summed E-state index contributed by atoms with van der Waals surface area (Å²) in [6.45, 7) is 1.91. The molecular weight excluding hydrogens is 308 g/mol. The first-order chi connectivity index (χ1) is 10.1. The summed E-state index contributed by atoms with van der Waals surface area (Å²) >= 11 is 7.42. The van der Waals surface area contributed by atoms with Crippen LogP contribution in [0.25, 0.3) is 0 Å². The molecule has 5 nitrogen and oxygen atoms in total. The van der Waals surface area contributed by atoms with Gasteiger partial charge in [-0.25, -0.2) is 0 Å². The SMILES string of the molecule is CN1CCN(c2nnc(Cc3ccc(Cl)cc3)s2)CC1=O. The zero-order valence-electron chi connectivity index (χ0n) is 11.6. The van der Waals surface area contributed by atoms with Crippen LogP contribution in [0, 0.1) is 0 Å². The lowest BCUT2D eigenvalue weighted by molar-refractivity contribution is -0.129. The number of rotatable bonds is 3. The first kappa shape index (κ1) is 14.3. The molecule has 2 aromatic rings. The van der Waals surface area contributed by atoms with Gasteiger partial charge in [0.25, 0.3) is 0 Å². The third kappa shape index (κ3) is 3.33. The van der Waals surface area contributed by atoms with Gasteiger partial charge >= 0.3 is 0 Å². The molecule has 0 bridgehead atoms. The maximum Gasteiger partial charge on any atom is 0.241 e. The van der Waals surface area contributed by atoms with Crippen molar-refractivity contribution in [1.82, 2.24) is 15.1 Å². The van der Waals surface area contributed by atoms with E-state index in [1.165, 1.54) is 0 Å². The summed E-state index contributed by atoms with van der Waals surface area (Å²) in [5, 5.41) is 10.9. The number of hydrogen-bond donors (Lipinski definition) is 0. The summed E-state index contributed by atoms with van der Waals surface area (Å²) in [7, 11) is 1.83. The Morgan fingerprint density at radius 3 is 2.71 bits per heavy atom. The molecule has 0 radical (unpaired) electrons. The van der Waals surface area contributed by atoms with Gasteiger partial charge in [0, 0.05) is 31.6 Å². The highest BCUT2D eigenvalue weighted by Gasteiger charge is 2.23. The fourth-order valence-corrected chi connectivity index (χ4v) is 3.17. The van der Waals surface area contributed by atoms with Crippen LogP contribution in [-0.4, -0.2) is 47.7 Å². The van der Waals surface area contributed by atoms with Crippen molar-refractivity contribution in [1.29, 1.82) is 0 Å². The normalized spacial score (nSPS) is 15.6. The van der Waals surface area contributed by atoms with Gasteiger partial charge in [0.15, 0.2) is 0 Å². The number of amides is 1. The number of carbonyl (C=O) groups is 1. The third-order valence-corrected chi connectivity index (χ3v) is 4.69. The summed E-state index contributed by atoms with van der Waals surface area (Å²) in [6, 6.07) is 7.72. The molecule has 110 valence electrons. The van der Waals surface area contributed by atoms with E-state index in [0.717, 1.165) is 40.2 Å². The van der Waals surface area contributed by atoms with Crippen molar-refractivity contribution in [2.24, 2.45) is 0 Å². The molecule has 1 aliphatic heterocycles. The fraction of sp³-hybridized carbons (Fsp3) is 0.357. The van der Waals surface area contributed by atoms with Crippen LogP contribution in [0.1, 0.15) is 10.6 Å². The Kier molecular flexibility index (Phi) is 4.07. The molecular formula is C14H15ClN4OS. The lowest BCUT2D eigenvalue weighted by Crippen LogP contribution is -2.48. The van der Waals surface area contributed by atoms with Gasteiger partial charge in [0.1, 0.15) is 5.01 Å². The van der Waals surface area contributed by atoms with Crippen molar-refractivity contribution < 1.29 is 4.79 Å². The molecule has 1 aliphatic rings. The maximum absolute atomic E-state index is 11.7. The average Bonchev–Trinajstić information content (AvgIpc) is 2.93. The number of carbonyl (C=O) groups excluding carboxylic acids is 1. The summed E-state index contributed by atoms with van der Waals surface area (Å²) in [5.41, 5.74) is 1.15. The lowest BCUT2D eigenvalue weighted by atomic mass is 10.2. The van der Waals surface area contributed by atoms with Gasteiger partial charge in [-0.15, -0.1) is 10.2 Å². The Bertz CT molecular complexity index is 643. The number of piperazine rings is 1. The van der Waals surface area contributed by atoms with Gasteiger partial charge in [0.2, 0.25) is 11.0 Å². The summed E-state index contributed by atoms with van der Waals surface area (Å²) < 4.78 is 0. The predicted octanol–water partition coefficient (Wildman–Crippen LogP) is 2.06. The van der Waals surface area contributed by atoms with Crippen molar-refractivity contribution in [3.63, 3.8) is 0 Å². The van der Waals surface area contributed by atoms with Gasteiger partial charge in [-0.3, -0.25) is 4.79 Å². The monoisotopic (exact) mass is 322 g/mol. The highest BCUT2D eigenvalue weighted by molar-refractivity contribution is 7.15. The number of hydrogen-bond acceptors (Lipinski definition) is 5. The van der Waals surface area contributed by atoms with E-state index in [0.29, 0.717) is 6.54 Å². The molecule has 0 atom stereocenters. The van der Waals surface area contributed by atoms with Crippen molar-refractivity contribution in [3.05, 3.63) is 39.9 Å². The Morgan fingerprint density at radius 2 is 2.00 bits per heavy atom. The smallest absolute Gasteiger partial charge is 0.241 e. The van der Waals surface area contributed by atoms with E-state index in [9.17, 15) is 4.79 Å². The minimum atomic E-state index is 0.121. The zero-order chi connectivity index (χ0) is 14.8. The predicted molar refractivity (Wildman–Crippen MR) is 84.0 cm³/mol. The molecule has 0 aliphatic carbocycles. The van der Waals surface area contributed by atoms with Crippen LogP contribution >= 0.6 is 22.9 Å². The number of benzene rings is 1. The highest BCUT2D eigenvalue weighted by atomic mass is 35.5. The molecule has 7 heteroatoms. The van der Waals surface area contributed by atoms with Crippen molar-refractivity contribution in [2.45, 2.75) is 6.42 Å². The molecule has 0 N–H and O–H groups in total. The largest absolute Gasteiger partial charge is 0.342 e. The van der Waals surface area contributed by atoms with E-state index in [4.69, 9.17) is 11.6 Å². The number of anilines is 1. The van der Waals surface area contributed by atoms with Crippen LogP contribution in [-0.2, 0) is 11.2 Å². The molecule has 1 aromatic carbocycles. The van der Waals surface area contributed by atoms with Crippen LogP contribution in [0.5, 0.6) is 0 Å². The second-order valence-corrected chi connectivity index (χ2v) is 6.50. The second-order valence-electron chi connectivity index (χ2n) is 5.02. The van der Waals surface area contributed by atoms with Crippen molar-refractivity contribution in [2.75, 3.05) is 31.6 Å². The molecule has 2 heterocycles. The van der Waals surface area contributed by atoms with Gasteiger partial charge in [-0.1, -0.05) is 35.1 Å². The van der Waals surface area contributed by atoms with E-state index in [1.54, 1.807) is 16.2 Å². The van der Waals surface area contributed by atoms with Crippen molar-refractivity contribution in [3.8, 4) is 0 Å². The second kappa shape index (κ2) is 5.99. The molecule has 1 aromatic heterocycles. The molecule has 1 amide bonds. The van der Waals surface area contributed by atoms with Gasteiger partial charge < -0.3 is 9.80 Å². The fourth-order valence-electron chi connectivity index (χ4n) is 2.14. The molecule has 0 saturated carbocycles. The maximum atomic E-state index is 11.7. The quantitative estimate of drug-likeness (QED) is 0.868. The minimum Gasteiger partial charge on any atom is -0.342 e. The number of aromatic nitrogens is 2. The number of halogens is 1. The van der Waals surface area contributed by atoms with E-state index in [-0.39, 0.29) is 5.91 Å². The Balaban J connectivity index is 1.69. The topological polar surface area (TPSA) is 49.3 Å². The Morgan fingerprint density at radius 1 is 1.24 bits per heavy atom. The van der Waals surface area contributed by atoms with Crippen LogP contribution in [0.4, 0.5) is 5.13 Å². The van der Waals surface area contributed by atoms with Crippen LogP contribution in [0.15, 0.2) is 24.3 Å².